The van der Waals surface area contributed by atoms with Gasteiger partial charge in [0.15, 0.2) is 0 Å². The summed E-state index contributed by atoms with van der Waals surface area (Å²) in [5.41, 5.74) is 0.235. The number of ether oxygens (including phenoxy) is 2. The number of phenols is 1. The van der Waals surface area contributed by atoms with Crippen LogP contribution >= 0.6 is 45.2 Å². The van der Waals surface area contributed by atoms with Gasteiger partial charge in [0.2, 0.25) is 0 Å². The van der Waals surface area contributed by atoms with Crippen LogP contribution in [0.3, 0.4) is 0 Å². The molecule has 1 saturated heterocycles. The molecule has 0 aromatic heterocycles. The number of benzene rings is 1. The number of rotatable bonds is 4. The molecule has 1 aromatic carbocycles. The van der Waals surface area contributed by atoms with Gasteiger partial charge in [0.05, 0.1) is 16.8 Å². The lowest BCUT2D eigenvalue weighted by atomic mass is 10.2. The van der Waals surface area contributed by atoms with Crippen molar-refractivity contribution >= 4 is 51.2 Å². The van der Waals surface area contributed by atoms with Crippen molar-refractivity contribution < 1.29 is 24.3 Å². The van der Waals surface area contributed by atoms with Gasteiger partial charge in [-0.3, -0.25) is 0 Å². The van der Waals surface area contributed by atoms with Gasteiger partial charge in [-0.15, -0.1) is 0 Å². The number of esters is 1. The molecule has 0 saturated carbocycles. The molecule has 20 heavy (non-hydrogen) atoms. The van der Waals surface area contributed by atoms with E-state index in [-0.39, 0.29) is 11.3 Å². The Bertz CT molecular complexity index is 490. The van der Waals surface area contributed by atoms with Crippen LogP contribution in [0.4, 0.5) is 0 Å². The van der Waals surface area contributed by atoms with E-state index in [2.05, 4.69) is 22.6 Å². The van der Waals surface area contributed by atoms with Crippen molar-refractivity contribution in [3.05, 3.63) is 24.8 Å². The molecule has 2 rings (SSSR count). The maximum atomic E-state index is 12.0. The molecule has 0 amide bonds. The summed E-state index contributed by atoms with van der Waals surface area (Å²) in [6, 6.07) is 3.45. The molecule has 0 bridgehead atoms. The highest BCUT2D eigenvalue weighted by atomic mass is 127. The van der Waals surface area contributed by atoms with Crippen LogP contribution < -0.4 is 4.90 Å². The fraction of sp³-hybridized carbons (Fsp3) is 0.462. The number of morpholine rings is 1. The standard InChI is InChI=1S/C13H15I2NO4/c14-9-7-10(12(17)11(15)8-9)13(18)20-6-3-16-1-4-19-5-2-16/h7-8,17H,1-6H2/p+1. The van der Waals surface area contributed by atoms with Crippen LogP contribution in [0.2, 0.25) is 0 Å². The van der Waals surface area contributed by atoms with Crippen LogP contribution in [-0.2, 0) is 9.47 Å². The van der Waals surface area contributed by atoms with E-state index in [1.54, 1.807) is 6.07 Å². The van der Waals surface area contributed by atoms with Crippen molar-refractivity contribution in [2.75, 3.05) is 39.5 Å². The Hall–Kier alpha value is -0.130. The number of aromatic hydroxyl groups is 1. The lowest BCUT2D eigenvalue weighted by molar-refractivity contribution is -0.908. The topological polar surface area (TPSA) is 60.2 Å². The third kappa shape index (κ3) is 4.43. The summed E-state index contributed by atoms with van der Waals surface area (Å²) in [4.78, 5) is 13.4. The van der Waals surface area contributed by atoms with E-state index >= 15 is 0 Å². The maximum absolute atomic E-state index is 12.0. The van der Waals surface area contributed by atoms with Gasteiger partial charge in [-0.2, -0.15) is 0 Å². The summed E-state index contributed by atoms with van der Waals surface area (Å²) in [6.45, 7) is 4.55. The third-order valence-corrected chi connectivity index (χ3v) is 4.58. The summed E-state index contributed by atoms with van der Waals surface area (Å²) in [6.07, 6.45) is 0. The van der Waals surface area contributed by atoms with Gasteiger partial charge in [0, 0.05) is 3.57 Å². The highest BCUT2D eigenvalue weighted by molar-refractivity contribution is 14.1. The second kappa shape index (κ2) is 7.76. The van der Waals surface area contributed by atoms with Crippen LogP contribution in [-0.4, -0.2) is 50.5 Å². The Labute approximate surface area is 144 Å². The molecule has 0 aliphatic carbocycles. The molecule has 1 aliphatic heterocycles. The molecule has 1 aliphatic rings. The second-order valence-electron chi connectivity index (χ2n) is 4.53. The van der Waals surface area contributed by atoms with E-state index in [4.69, 9.17) is 9.47 Å². The Balaban J connectivity index is 1.88. The highest BCUT2D eigenvalue weighted by Gasteiger charge is 2.18. The minimum atomic E-state index is -0.466. The first-order valence-corrected chi connectivity index (χ1v) is 8.50. The first-order chi connectivity index (χ1) is 9.58. The molecule has 1 aromatic rings. The summed E-state index contributed by atoms with van der Waals surface area (Å²) in [5, 5.41) is 9.91. The monoisotopic (exact) mass is 504 g/mol. The Morgan fingerprint density at radius 1 is 1.35 bits per heavy atom. The third-order valence-electron chi connectivity index (χ3n) is 3.14. The number of carbonyl (C=O) groups is 1. The number of quaternary nitrogens is 1. The molecule has 0 unspecified atom stereocenters. The van der Waals surface area contributed by atoms with E-state index in [0.717, 1.165) is 36.4 Å². The Morgan fingerprint density at radius 3 is 2.75 bits per heavy atom. The van der Waals surface area contributed by atoms with E-state index in [0.29, 0.717) is 10.2 Å². The van der Waals surface area contributed by atoms with E-state index in [1.807, 2.05) is 28.7 Å². The SMILES string of the molecule is O=C(OCC[NH+]1CCOCC1)c1cc(I)cc(I)c1O. The number of nitrogens with one attached hydrogen (secondary N) is 1. The van der Waals surface area contributed by atoms with Crippen molar-refractivity contribution in [1.82, 2.24) is 0 Å². The van der Waals surface area contributed by atoms with E-state index in [1.165, 1.54) is 4.90 Å². The van der Waals surface area contributed by atoms with Crippen LogP contribution in [0.25, 0.3) is 0 Å². The van der Waals surface area contributed by atoms with Gasteiger partial charge in [-0.1, -0.05) is 0 Å². The zero-order valence-corrected chi connectivity index (χ0v) is 15.1. The number of carbonyl (C=O) groups excluding carboxylic acids is 1. The molecule has 0 atom stereocenters. The fourth-order valence-corrected chi connectivity index (χ4v) is 3.84. The van der Waals surface area contributed by atoms with Crippen molar-refractivity contribution in [3.63, 3.8) is 0 Å². The van der Waals surface area contributed by atoms with Gasteiger partial charge in [-0.25, -0.2) is 4.79 Å². The highest BCUT2D eigenvalue weighted by Crippen LogP contribution is 2.27. The molecular weight excluding hydrogens is 488 g/mol. The Morgan fingerprint density at radius 2 is 2.05 bits per heavy atom. The summed E-state index contributed by atoms with van der Waals surface area (Å²) >= 11 is 4.11. The van der Waals surface area contributed by atoms with Crippen molar-refractivity contribution in [1.29, 1.82) is 0 Å². The predicted octanol–water partition coefficient (Wildman–Crippen LogP) is 0.673. The largest absolute Gasteiger partial charge is 0.506 e. The van der Waals surface area contributed by atoms with Gasteiger partial charge in [-0.05, 0) is 57.3 Å². The smallest absolute Gasteiger partial charge is 0.342 e. The van der Waals surface area contributed by atoms with Crippen molar-refractivity contribution in [2.45, 2.75) is 0 Å². The first kappa shape index (κ1) is 16.2. The zero-order valence-electron chi connectivity index (χ0n) is 10.8. The van der Waals surface area contributed by atoms with Crippen LogP contribution in [0.5, 0.6) is 5.75 Å². The van der Waals surface area contributed by atoms with E-state index in [9.17, 15) is 9.90 Å². The maximum Gasteiger partial charge on any atom is 0.342 e. The Kier molecular flexibility index (Phi) is 6.30. The molecule has 1 heterocycles. The lowest BCUT2D eigenvalue weighted by Gasteiger charge is -2.23. The number of phenolic OH excluding ortho intramolecular Hbond substituents is 1. The minimum Gasteiger partial charge on any atom is -0.506 e. The van der Waals surface area contributed by atoms with Crippen molar-refractivity contribution in [2.24, 2.45) is 0 Å². The fourth-order valence-electron chi connectivity index (χ4n) is 2.00. The number of halogens is 2. The van der Waals surface area contributed by atoms with Gasteiger partial charge in [0.25, 0.3) is 0 Å². The molecule has 0 spiro atoms. The first-order valence-electron chi connectivity index (χ1n) is 6.34. The predicted molar refractivity (Wildman–Crippen MR) is 90.2 cm³/mol. The lowest BCUT2D eigenvalue weighted by Crippen LogP contribution is -3.14. The normalized spacial score (nSPS) is 16.1. The summed E-state index contributed by atoms with van der Waals surface area (Å²) < 4.78 is 12.1. The summed E-state index contributed by atoms with van der Waals surface area (Å²) in [5.74, 6) is -0.471. The van der Waals surface area contributed by atoms with Crippen LogP contribution in [0, 0.1) is 7.14 Å². The molecule has 7 heteroatoms. The van der Waals surface area contributed by atoms with E-state index < -0.39 is 5.97 Å². The average Bonchev–Trinajstić information content (AvgIpc) is 2.44. The number of hydrogen-bond acceptors (Lipinski definition) is 4. The molecule has 110 valence electrons. The van der Waals surface area contributed by atoms with Crippen LogP contribution in [0.15, 0.2) is 12.1 Å². The molecule has 0 radical (unpaired) electrons. The molecule has 2 N–H and O–H groups in total. The minimum absolute atomic E-state index is 0.00487. The summed E-state index contributed by atoms with van der Waals surface area (Å²) in [7, 11) is 0. The average molecular weight is 504 g/mol. The molecule has 5 nitrogen and oxygen atoms in total. The molecular formula is C13H16I2NO4+. The van der Waals surface area contributed by atoms with Gasteiger partial charge in [0.1, 0.15) is 37.6 Å². The molecule has 1 fully saturated rings. The van der Waals surface area contributed by atoms with Gasteiger partial charge >= 0.3 is 5.97 Å². The zero-order chi connectivity index (χ0) is 14.5. The second-order valence-corrected chi connectivity index (χ2v) is 6.94. The van der Waals surface area contributed by atoms with Crippen LogP contribution in [0.1, 0.15) is 10.4 Å². The van der Waals surface area contributed by atoms with Gasteiger partial charge < -0.3 is 19.5 Å². The van der Waals surface area contributed by atoms with Crippen molar-refractivity contribution in [3.8, 4) is 5.75 Å². The quantitative estimate of drug-likeness (QED) is 0.468. The number of hydrogen-bond donors (Lipinski definition) is 2.